The molecule has 8 heavy (non-hydrogen) atoms. The monoisotopic (exact) mass is 108 g/mol. The summed E-state index contributed by atoms with van der Waals surface area (Å²) in [5.74, 6) is 0. The zero-order chi connectivity index (χ0) is 5.82. The van der Waals surface area contributed by atoms with E-state index < -0.39 is 0 Å². The van der Waals surface area contributed by atoms with Gasteiger partial charge >= 0.3 is 0 Å². The third kappa shape index (κ3) is 1.12. The fourth-order valence-electron chi connectivity index (χ4n) is 0.732. The minimum atomic E-state index is 1.14. The van der Waals surface area contributed by atoms with Gasteiger partial charge in [-0.05, 0) is 12.5 Å². The molecule has 0 saturated heterocycles. The average Bonchev–Trinajstić information content (AvgIpc) is 2.19. The van der Waals surface area contributed by atoms with Crippen molar-refractivity contribution in [2.45, 2.75) is 19.8 Å². The van der Waals surface area contributed by atoms with Crippen molar-refractivity contribution in [1.29, 1.82) is 0 Å². The topological polar surface area (TPSA) is 15.8 Å². The number of aromatic amines is 1. The first-order valence-corrected chi connectivity index (χ1v) is 2.97. The highest BCUT2D eigenvalue weighted by Crippen LogP contribution is 1.96. The Bertz CT molecular complexity index is 130. The zero-order valence-corrected chi connectivity index (χ0v) is 5.07. The molecule has 0 fully saturated rings. The molecule has 1 N–H and O–H groups in total. The lowest BCUT2D eigenvalue weighted by Gasteiger charge is -1.87. The van der Waals surface area contributed by atoms with Gasteiger partial charge in [-0.1, -0.05) is 13.3 Å². The van der Waals surface area contributed by atoms with E-state index in [-0.39, 0.29) is 0 Å². The first-order valence-electron chi connectivity index (χ1n) is 2.97. The number of aryl methyl sites for hydroxylation is 1. The highest BCUT2D eigenvalue weighted by molar-refractivity contribution is 5.01. The standard InChI is InChI=1S/C7H10N/c1-2-4-7-5-3-6-8-7/h5-6,8H,2,4H2,1H3. The minimum absolute atomic E-state index is 1.14. The molecule has 0 aliphatic carbocycles. The molecular formula is C7H10N. The van der Waals surface area contributed by atoms with E-state index in [1.165, 1.54) is 12.1 Å². The van der Waals surface area contributed by atoms with E-state index >= 15 is 0 Å². The van der Waals surface area contributed by atoms with Gasteiger partial charge < -0.3 is 4.98 Å². The Balaban J connectivity index is 2.50. The average molecular weight is 108 g/mol. The number of hydrogen-bond acceptors (Lipinski definition) is 0. The molecule has 0 aromatic carbocycles. The Labute approximate surface area is 49.7 Å². The van der Waals surface area contributed by atoms with Crippen molar-refractivity contribution in [3.8, 4) is 0 Å². The van der Waals surface area contributed by atoms with E-state index in [2.05, 4.69) is 18.0 Å². The molecule has 0 saturated carbocycles. The second-order valence-corrected chi connectivity index (χ2v) is 1.87. The normalized spacial score (nSPS) is 9.62. The van der Waals surface area contributed by atoms with Gasteiger partial charge in [-0.2, -0.15) is 0 Å². The van der Waals surface area contributed by atoms with Crippen LogP contribution in [0.3, 0.4) is 0 Å². The van der Waals surface area contributed by atoms with Crippen LogP contribution in [-0.4, -0.2) is 4.98 Å². The summed E-state index contributed by atoms with van der Waals surface area (Å²) in [5.41, 5.74) is 1.28. The summed E-state index contributed by atoms with van der Waals surface area (Å²) in [7, 11) is 0. The smallest absolute Gasteiger partial charge is 0.0153 e. The first kappa shape index (κ1) is 5.42. The van der Waals surface area contributed by atoms with Crippen molar-refractivity contribution in [3.05, 3.63) is 24.0 Å². The van der Waals surface area contributed by atoms with Crippen molar-refractivity contribution < 1.29 is 0 Å². The molecular weight excluding hydrogens is 98.1 g/mol. The van der Waals surface area contributed by atoms with Crippen LogP contribution in [0.15, 0.2) is 12.3 Å². The molecule has 0 aliphatic rings. The number of nitrogens with one attached hydrogen (secondary N) is 1. The quantitative estimate of drug-likeness (QED) is 0.594. The Morgan fingerprint density at radius 1 is 1.75 bits per heavy atom. The summed E-state index contributed by atoms with van der Waals surface area (Å²) in [4.78, 5) is 3.08. The van der Waals surface area contributed by atoms with Gasteiger partial charge in [0.15, 0.2) is 0 Å². The van der Waals surface area contributed by atoms with Gasteiger partial charge in [-0.25, -0.2) is 0 Å². The molecule has 0 spiro atoms. The number of rotatable bonds is 2. The van der Waals surface area contributed by atoms with Crippen LogP contribution in [0.1, 0.15) is 19.0 Å². The summed E-state index contributed by atoms with van der Waals surface area (Å²) in [6, 6.07) is 4.95. The Morgan fingerprint density at radius 2 is 2.62 bits per heavy atom. The summed E-state index contributed by atoms with van der Waals surface area (Å²) < 4.78 is 0. The van der Waals surface area contributed by atoms with E-state index in [0.29, 0.717) is 0 Å². The Kier molecular flexibility index (Phi) is 1.73. The summed E-state index contributed by atoms with van der Waals surface area (Å²) in [6.07, 6.45) is 4.18. The van der Waals surface area contributed by atoms with Crippen molar-refractivity contribution >= 4 is 0 Å². The van der Waals surface area contributed by atoms with Gasteiger partial charge in [0.1, 0.15) is 0 Å². The predicted molar refractivity (Wildman–Crippen MR) is 33.6 cm³/mol. The highest BCUT2D eigenvalue weighted by atomic mass is 14.7. The van der Waals surface area contributed by atoms with Crippen molar-refractivity contribution in [2.24, 2.45) is 0 Å². The number of aromatic nitrogens is 1. The molecule has 1 radical (unpaired) electrons. The number of H-pyrrole nitrogens is 1. The van der Waals surface area contributed by atoms with Gasteiger partial charge in [-0.3, -0.25) is 0 Å². The van der Waals surface area contributed by atoms with E-state index in [1.54, 1.807) is 0 Å². The maximum atomic E-state index is 3.08. The summed E-state index contributed by atoms with van der Waals surface area (Å²) in [5, 5.41) is 0. The van der Waals surface area contributed by atoms with Gasteiger partial charge in [-0.15, -0.1) is 0 Å². The molecule has 1 aromatic heterocycles. The molecule has 0 unspecified atom stereocenters. The fourth-order valence-corrected chi connectivity index (χ4v) is 0.732. The molecule has 0 bridgehead atoms. The van der Waals surface area contributed by atoms with Crippen LogP contribution in [0.2, 0.25) is 0 Å². The fraction of sp³-hybridized carbons (Fsp3) is 0.429. The van der Waals surface area contributed by atoms with Gasteiger partial charge in [0.25, 0.3) is 0 Å². The lowest BCUT2D eigenvalue weighted by atomic mass is 10.3. The van der Waals surface area contributed by atoms with Gasteiger partial charge in [0, 0.05) is 18.0 Å². The molecule has 0 amide bonds. The largest absolute Gasteiger partial charge is 0.364 e. The van der Waals surface area contributed by atoms with Crippen molar-refractivity contribution in [2.75, 3.05) is 0 Å². The maximum Gasteiger partial charge on any atom is 0.0153 e. The van der Waals surface area contributed by atoms with Gasteiger partial charge in [0.05, 0.1) is 0 Å². The molecule has 1 nitrogen and oxygen atoms in total. The van der Waals surface area contributed by atoms with Crippen LogP contribution in [0, 0.1) is 6.07 Å². The Morgan fingerprint density at radius 3 is 3.12 bits per heavy atom. The maximum absolute atomic E-state index is 3.08. The molecule has 0 atom stereocenters. The molecule has 1 aromatic rings. The SMILES string of the molecule is CCCc1c[c]c[nH]1. The van der Waals surface area contributed by atoms with E-state index in [0.717, 1.165) is 6.42 Å². The summed E-state index contributed by atoms with van der Waals surface area (Å²) in [6.45, 7) is 2.17. The third-order valence-corrected chi connectivity index (χ3v) is 1.12. The second kappa shape index (κ2) is 2.55. The van der Waals surface area contributed by atoms with Crippen LogP contribution in [0.5, 0.6) is 0 Å². The molecule has 0 aliphatic heterocycles. The summed E-state index contributed by atoms with van der Waals surface area (Å²) >= 11 is 0. The number of hydrogen-bond donors (Lipinski definition) is 1. The highest BCUT2D eigenvalue weighted by Gasteiger charge is 1.86. The molecule has 1 rings (SSSR count). The zero-order valence-electron chi connectivity index (χ0n) is 5.07. The minimum Gasteiger partial charge on any atom is -0.364 e. The molecule has 1 heteroatoms. The van der Waals surface area contributed by atoms with Crippen LogP contribution >= 0.6 is 0 Å². The lowest BCUT2D eigenvalue weighted by Crippen LogP contribution is -1.78. The van der Waals surface area contributed by atoms with Crippen LogP contribution in [-0.2, 0) is 6.42 Å². The Hall–Kier alpha value is -0.720. The molecule has 43 valence electrons. The first-order chi connectivity index (χ1) is 3.93. The van der Waals surface area contributed by atoms with Crippen LogP contribution in [0.4, 0.5) is 0 Å². The van der Waals surface area contributed by atoms with Crippen LogP contribution in [0.25, 0.3) is 0 Å². The van der Waals surface area contributed by atoms with Gasteiger partial charge in [0.2, 0.25) is 0 Å². The van der Waals surface area contributed by atoms with Crippen LogP contribution < -0.4 is 0 Å². The van der Waals surface area contributed by atoms with E-state index in [4.69, 9.17) is 0 Å². The van der Waals surface area contributed by atoms with E-state index in [1.807, 2.05) is 12.3 Å². The lowest BCUT2D eigenvalue weighted by molar-refractivity contribution is 0.892. The second-order valence-electron chi connectivity index (χ2n) is 1.87. The van der Waals surface area contributed by atoms with E-state index in [9.17, 15) is 0 Å². The van der Waals surface area contributed by atoms with Crippen molar-refractivity contribution in [3.63, 3.8) is 0 Å². The molecule has 1 heterocycles. The predicted octanol–water partition coefficient (Wildman–Crippen LogP) is 1.77. The van der Waals surface area contributed by atoms with Crippen molar-refractivity contribution in [1.82, 2.24) is 4.98 Å². The third-order valence-electron chi connectivity index (χ3n) is 1.12.